The van der Waals surface area contributed by atoms with E-state index in [9.17, 15) is 14.4 Å². The molecule has 0 fully saturated rings. The molecule has 0 saturated carbocycles. The third kappa shape index (κ3) is 50.5. The molecule has 63 heavy (non-hydrogen) atoms. The number of esters is 3. The summed E-state index contributed by atoms with van der Waals surface area (Å²) in [7, 11) is 0. The van der Waals surface area contributed by atoms with Gasteiger partial charge in [-0.2, -0.15) is 0 Å². The Balaban J connectivity index is 4.31. The van der Waals surface area contributed by atoms with Gasteiger partial charge in [-0.25, -0.2) is 0 Å². The predicted molar refractivity (Wildman–Crippen MR) is 270 cm³/mol. The molecule has 0 rings (SSSR count). The van der Waals surface area contributed by atoms with E-state index in [1.165, 1.54) is 173 Å². The molecule has 6 nitrogen and oxygen atoms in total. The van der Waals surface area contributed by atoms with Gasteiger partial charge < -0.3 is 14.2 Å². The predicted octanol–water partition coefficient (Wildman–Crippen LogP) is 18.1. The number of ether oxygens (including phenoxy) is 3. The fourth-order valence-electron chi connectivity index (χ4n) is 8.05. The van der Waals surface area contributed by atoms with E-state index in [2.05, 4.69) is 57.2 Å². The lowest BCUT2D eigenvalue weighted by atomic mass is 10.0. The maximum absolute atomic E-state index is 12.8. The molecule has 0 saturated heterocycles. The average Bonchev–Trinajstić information content (AvgIpc) is 3.28. The van der Waals surface area contributed by atoms with Gasteiger partial charge in [-0.05, 0) is 51.4 Å². The van der Waals surface area contributed by atoms with Crippen molar-refractivity contribution in [3.8, 4) is 0 Å². The van der Waals surface area contributed by atoms with Crippen LogP contribution in [0.3, 0.4) is 0 Å². The van der Waals surface area contributed by atoms with Crippen LogP contribution in [0.1, 0.15) is 290 Å². The van der Waals surface area contributed by atoms with Gasteiger partial charge in [0.05, 0.1) is 0 Å². The molecule has 0 aromatic carbocycles. The average molecular weight is 885 g/mol. The molecule has 1 unspecified atom stereocenters. The van der Waals surface area contributed by atoms with Crippen LogP contribution >= 0.6 is 0 Å². The molecule has 0 aromatic heterocycles. The summed E-state index contributed by atoms with van der Waals surface area (Å²) < 4.78 is 16.8. The summed E-state index contributed by atoms with van der Waals surface area (Å²) in [6.07, 6.45) is 61.4. The van der Waals surface area contributed by atoms with Gasteiger partial charge >= 0.3 is 17.9 Å². The van der Waals surface area contributed by atoms with Crippen LogP contribution in [-0.2, 0) is 28.6 Å². The van der Waals surface area contributed by atoms with Crippen LogP contribution in [-0.4, -0.2) is 37.2 Å². The van der Waals surface area contributed by atoms with Crippen LogP contribution in [0, 0.1) is 0 Å². The summed E-state index contributed by atoms with van der Waals surface area (Å²) in [6, 6.07) is 0. The highest BCUT2D eigenvalue weighted by atomic mass is 16.6. The molecule has 0 radical (unpaired) electrons. The van der Waals surface area contributed by atoms with Crippen LogP contribution in [0.5, 0.6) is 0 Å². The first-order valence-corrected chi connectivity index (χ1v) is 27.5. The Morgan fingerprint density at radius 1 is 0.333 bits per heavy atom. The highest BCUT2D eigenvalue weighted by Crippen LogP contribution is 2.17. The molecule has 0 aliphatic carbocycles. The van der Waals surface area contributed by atoms with E-state index in [4.69, 9.17) is 14.2 Å². The molecule has 0 amide bonds. The zero-order valence-corrected chi connectivity index (χ0v) is 42.1. The minimum Gasteiger partial charge on any atom is -0.462 e. The van der Waals surface area contributed by atoms with Crippen molar-refractivity contribution < 1.29 is 28.6 Å². The fraction of sp³-hybridized carbons (Fsp3) is 0.842. The van der Waals surface area contributed by atoms with Crippen molar-refractivity contribution in [3.63, 3.8) is 0 Å². The monoisotopic (exact) mass is 885 g/mol. The van der Waals surface area contributed by atoms with Crippen molar-refractivity contribution in [1.82, 2.24) is 0 Å². The highest BCUT2D eigenvalue weighted by Gasteiger charge is 2.19. The minimum atomic E-state index is -0.782. The zero-order valence-electron chi connectivity index (χ0n) is 42.1. The maximum Gasteiger partial charge on any atom is 0.306 e. The molecule has 0 heterocycles. The molecular formula is C57H104O6. The van der Waals surface area contributed by atoms with Crippen LogP contribution in [0.4, 0.5) is 0 Å². The van der Waals surface area contributed by atoms with Gasteiger partial charge in [0.15, 0.2) is 6.10 Å². The number of hydrogen-bond acceptors (Lipinski definition) is 6. The van der Waals surface area contributed by atoms with E-state index < -0.39 is 6.10 Å². The molecule has 0 aliphatic rings. The second-order valence-electron chi connectivity index (χ2n) is 18.5. The maximum atomic E-state index is 12.8. The third-order valence-electron chi connectivity index (χ3n) is 12.2. The van der Waals surface area contributed by atoms with Gasteiger partial charge in [-0.3, -0.25) is 14.4 Å². The van der Waals surface area contributed by atoms with Crippen molar-refractivity contribution >= 4 is 17.9 Å². The van der Waals surface area contributed by atoms with Gasteiger partial charge in [0.2, 0.25) is 0 Å². The summed E-state index contributed by atoms with van der Waals surface area (Å²) in [5, 5.41) is 0. The second-order valence-corrected chi connectivity index (χ2v) is 18.5. The van der Waals surface area contributed by atoms with Gasteiger partial charge in [0.25, 0.3) is 0 Å². The third-order valence-corrected chi connectivity index (χ3v) is 12.2. The number of allylic oxidation sites excluding steroid dienone is 6. The van der Waals surface area contributed by atoms with E-state index >= 15 is 0 Å². The SMILES string of the molecule is CC/C=C\C/C=C\C/C=C\CCCCC(=O)OCC(COC(=O)CCCCCCCCCCCCCCCCCCCCC)OC(=O)CCCCCCCCCCCCCCCC. The van der Waals surface area contributed by atoms with Crippen molar-refractivity contribution in [3.05, 3.63) is 36.5 Å². The molecule has 0 aliphatic heterocycles. The summed E-state index contributed by atoms with van der Waals surface area (Å²) in [5.41, 5.74) is 0. The lowest BCUT2D eigenvalue weighted by Crippen LogP contribution is -2.30. The van der Waals surface area contributed by atoms with Gasteiger partial charge in [-0.15, -0.1) is 0 Å². The summed E-state index contributed by atoms with van der Waals surface area (Å²) in [5.74, 6) is -0.905. The van der Waals surface area contributed by atoms with Crippen LogP contribution in [0.2, 0.25) is 0 Å². The van der Waals surface area contributed by atoms with Crippen molar-refractivity contribution in [2.45, 2.75) is 297 Å². The van der Waals surface area contributed by atoms with Gasteiger partial charge in [-0.1, -0.05) is 256 Å². The highest BCUT2D eigenvalue weighted by molar-refractivity contribution is 5.71. The van der Waals surface area contributed by atoms with E-state index in [0.717, 1.165) is 77.0 Å². The molecule has 368 valence electrons. The Bertz CT molecular complexity index is 1060. The molecule has 0 aromatic rings. The second kappa shape index (κ2) is 52.3. The van der Waals surface area contributed by atoms with Crippen LogP contribution < -0.4 is 0 Å². The quantitative estimate of drug-likeness (QED) is 0.0262. The number of carbonyl (C=O) groups excluding carboxylic acids is 3. The van der Waals surface area contributed by atoms with Crippen LogP contribution in [0.25, 0.3) is 0 Å². The van der Waals surface area contributed by atoms with Crippen molar-refractivity contribution in [2.75, 3.05) is 13.2 Å². The van der Waals surface area contributed by atoms with E-state index in [-0.39, 0.29) is 31.1 Å². The first kappa shape index (κ1) is 60.6. The Kier molecular flexibility index (Phi) is 50.3. The molecular weight excluding hydrogens is 781 g/mol. The van der Waals surface area contributed by atoms with Gasteiger partial charge in [0, 0.05) is 19.3 Å². The number of carbonyl (C=O) groups is 3. The summed E-state index contributed by atoms with van der Waals surface area (Å²) in [4.78, 5) is 38.0. The number of hydrogen-bond donors (Lipinski definition) is 0. The Morgan fingerprint density at radius 2 is 0.619 bits per heavy atom. The molecule has 0 bridgehead atoms. The first-order valence-electron chi connectivity index (χ1n) is 27.5. The Hall–Kier alpha value is -2.37. The Labute approximate surface area is 391 Å². The van der Waals surface area contributed by atoms with E-state index in [1.54, 1.807) is 0 Å². The normalized spacial score (nSPS) is 12.2. The largest absolute Gasteiger partial charge is 0.462 e. The van der Waals surface area contributed by atoms with E-state index in [1.807, 2.05) is 0 Å². The van der Waals surface area contributed by atoms with Crippen molar-refractivity contribution in [2.24, 2.45) is 0 Å². The van der Waals surface area contributed by atoms with E-state index in [0.29, 0.717) is 19.3 Å². The lowest BCUT2D eigenvalue weighted by molar-refractivity contribution is -0.167. The molecule has 0 spiro atoms. The smallest absolute Gasteiger partial charge is 0.306 e. The van der Waals surface area contributed by atoms with Crippen LogP contribution in [0.15, 0.2) is 36.5 Å². The Morgan fingerprint density at radius 3 is 0.968 bits per heavy atom. The topological polar surface area (TPSA) is 78.9 Å². The first-order chi connectivity index (χ1) is 31.0. The minimum absolute atomic E-state index is 0.0795. The number of unbranched alkanes of at least 4 members (excludes halogenated alkanes) is 33. The summed E-state index contributed by atoms with van der Waals surface area (Å²) in [6.45, 7) is 6.53. The lowest BCUT2D eigenvalue weighted by Gasteiger charge is -2.18. The summed E-state index contributed by atoms with van der Waals surface area (Å²) >= 11 is 0. The standard InChI is InChI=1S/C57H104O6/c1-4-7-10-13-16-19-22-25-27-28-29-30-31-33-35-38-41-44-47-50-56(59)62-53-54(52-61-55(58)49-46-43-40-37-34-24-21-18-15-12-9-6-3)63-57(60)51-48-45-42-39-36-32-26-23-20-17-14-11-8-5-2/h9,12,18,21,34,37,54H,4-8,10-11,13-17,19-20,22-33,35-36,38-53H2,1-3H3/b12-9-,21-18-,37-34-. The molecule has 0 N–H and O–H groups in total. The number of rotatable bonds is 50. The molecule has 1 atom stereocenters. The molecule has 6 heteroatoms. The van der Waals surface area contributed by atoms with Gasteiger partial charge in [0.1, 0.15) is 13.2 Å². The fourth-order valence-corrected chi connectivity index (χ4v) is 8.05. The van der Waals surface area contributed by atoms with Crippen molar-refractivity contribution in [1.29, 1.82) is 0 Å². The zero-order chi connectivity index (χ0) is 45.8.